The summed E-state index contributed by atoms with van der Waals surface area (Å²) in [5, 5.41) is 1.33. The van der Waals surface area contributed by atoms with Gasteiger partial charge in [0.2, 0.25) is 0 Å². The Morgan fingerprint density at radius 1 is 0.783 bits per heavy atom. The number of para-hydroxylation sites is 1. The zero-order valence-corrected chi connectivity index (χ0v) is 14.0. The van der Waals surface area contributed by atoms with Crippen LogP contribution >= 0.6 is 15.9 Å². The summed E-state index contributed by atoms with van der Waals surface area (Å²) in [4.78, 5) is 3.63. The first kappa shape index (κ1) is 13.1. The molecule has 0 bridgehead atoms. The fraction of sp³-hybridized carbons (Fsp3) is 0.0476. The summed E-state index contributed by atoms with van der Waals surface area (Å²) in [6.45, 7) is 0. The van der Waals surface area contributed by atoms with E-state index in [2.05, 4.69) is 93.7 Å². The Morgan fingerprint density at radius 2 is 1.52 bits per heavy atom. The molecular formula is C21H14BrN. The molecule has 1 aromatic heterocycles. The lowest BCUT2D eigenvalue weighted by molar-refractivity contribution is 1.03. The van der Waals surface area contributed by atoms with Crippen molar-refractivity contribution in [1.29, 1.82) is 0 Å². The van der Waals surface area contributed by atoms with E-state index in [9.17, 15) is 0 Å². The Hall–Kier alpha value is -2.32. The van der Waals surface area contributed by atoms with E-state index in [1.54, 1.807) is 0 Å². The Morgan fingerprint density at radius 3 is 2.39 bits per heavy atom. The van der Waals surface area contributed by atoms with Crippen molar-refractivity contribution in [2.75, 3.05) is 0 Å². The zero-order chi connectivity index (χ0) is 15.4. The molecule has 0 spiro atoms. The Kier molecular flexibility index (Phi) is 2.77. The van der Waals surface area contributed by atoms with Crippen molar-refractivity contribution in [2.24, 2.45) is 0 Å². The number of nitrogens with one attached hydrogen (secondary N) is 1. The average molecular weight is 360 g/mol. The van der Waals surface area contributed by atoms with E-state index in [1.165, 1.54) is 38.9 Å². The zero-order valence-electron chi connectivity index (χ0n) is 12.4. The number of halogens is 1. The number of hydrogen-bond acceptors (Lipinski definition) is 0. The van der Waals surface area contributed by atoms with E-state index >= 15 is 0 Å². The quantitative estimate of drug-likeness (QED) is 0.372. The summed E-state index contributed by atoms with van der Waals surface area (Å²) in [7, 11) is 0. The predicted molar refractivity (Wildman–Crippen MR) is 98.8 cm³/mol. The van der Waals surface area contributed by atoms with Crippen LogP contribution in [0.5, 0.6) is 0 Å². The molecule has 1 heterocycles. The van der Waals surface area contributed by atoms with Crippen molar-refractivity contribution in [1.82, 2.24) is 4.98 Å². The number of H-pyrrole nitrogens is 1. The van der Waals surface area contributed by atoms with Crippen LogP contribution in [0.15, 0.2) is 77.3 Å². The van der Waals surface area contributed by atoms with Crippen LogP contribution in [0.3, 0.4) is 0 Å². The molecule has 1 aliphatic rings. The molecular weight excluding hydrogens is 346 g/mol. The van der Waals surface area contributed by atoms with Gasteiger partial charge in [-0.3, -0.25) is 0 Å². The highest BCUT2D eigenvalue weighted by Gasteiger charge is 2.32. The number of hydrogen-bond donors (Lipinski definition) is 1. The summed E-state index contributed by atoms with van der Waals surface area (Å²) in [6, 6.07) is 26.0. The predicted octanol–water partition coefficient (Wildman–Crippen LogP) is 6.09. The minimum absolute atomic E-state index is 0.297. The highest BCUT2D eigenvalue weighted by atomic mass is 79.9. The summed E-state index contributed by atoms with van der Waals surface area (Å²) >= 11 is 3.54. The van der Waals surface area contributed by atoms with E-state index in [-0.39, 0.29) is 0 Å². The minimum Gasteiger partial charge on any atom is -0.354 e. The summed E-state index contributed by atoms with van der Waals surface area (Å²) in [6.07, 6.45) is 0. The van der Waals surface area contributed by atoms with Crippen LogP contribution in [0.25, 0.3) is 22.2 Å². The Labute approximate surface area is 143 Å². The van der Waals surface area contributed by atoms with Crippen LogP contribution < -0.4 is 0 Å². The molecule has 1 N–H and O–H groups in total. The van der Waals surface area contributed by atoms with Gasteiger partial charge < -0.3 is 4.98 Å². The van der Waals surface area contributed by atoms with E-state index in [4.69, 9.17) is 0 Å². The van der Waals surface area contributed by atoms with Gasteiger partial charge in [-0.15, -0.1) is 0 Å². The lowest BCUT2D eigenvalue weighted by Gasteiger charge is -2.14. The van der Waals surface area contributed by atoms with Crippen molar-refractivity contribution < 1.29 is 0 Å². The number of benzene rings is 3. The van der Waals surface area contributed by atoms with E-state index in [1.807, 2.05) is 0 Å². The van der Waals surface area contributed by atoms with Gasteiger partial charge in [0.1, 0.15) is 0 Å². The fourth-order valence-corrected chi connectivity index (χ4v) is 4.07. The summed E-state index contributed by atoms with van der Waals surface area (Å²) in [5.41, 5.74) is 7.95. The maximum atomic E-state index is 3.63. The fourth-order valence-electron chi connectivity index (χ4n) is 3.81. The highest BCUT2D eigenvalue weighted by molar-refractivity contribution is 9.10. The van der Waals surface area contributed by atoms with Gasteiger partial charge in [-0.2, -0.15) is 0 Å². The second-order valence-electron chi connectivity index (χ2n) is 6.03. The summed E-state index contributed by atoms with van der Waals surface area (Å²) < 4.78 is 1.12. The van der Waals surface area contributed by atoms with Gasteiger partial charge in [0.15, 0.2) is 0 Å². The van der Waals surface area contributed by atoms with Crippen LogP contribution in [-0.2, 0) is 0 Å². The number of aromatic amines is 1. The average Bonchev–Trinajstić information content (AvgIpc) is 3.11. The van der Waals surface area contributed by atoms with Crippen LogP contribution in [0.1, 0.15) is 22.6 Å². The van der Waals surface area contributed by atoms with Crippen LogP contribution in [0, 0.1) is 0 Å². The largest absolute Gasteiger partial charge is 0.354 e. The smallest absolute Gasteiger partial charge is 0.0510 e. The first-order valence-electron chi connectivity index (χ1n) is 7.78. The molecule has 0 radical (unpaired) electrons. The highest BCUT2D eigenvalue weighted by Crippen LogP contribution is 2.50. The van der Waals surface area contributed by atoms with Gasteiger partial charge in [0, 0.05) is 26.9 Å². The van der Waals surface area contributed by atoms with Gasteiger partial charge in [-0.1, -0.05) is 70.5 Å². The van der Waals surface area contributed by atoms with Crippen molar-refractivity contribution in [3.63, 3.8) is 0 Å². The third kappa shape index (κ3) is 1.85. The van der Waals surface area contributed by atoms with Crippen molar-refractivity contribution in [3.8, 4) is 11.3 Å². The standard InChI is InChI=1S/C21H14BrN/c22-14-11-9-13(10-12-14)19-15-5-1-2-6-16(15)21-20(19)17-7-3-4-8-18(17)23-21/h1-12,19,23H. The van der Waals surface area contributed by atoms with Crippen LogP contribution in [-0.4, -0.2) is 4.98 Å². The first-order chi connectivity index (χ1) is 11.3. The molecule has 4 aromatic rings. The third-order valence-electron chi connectivity index (χ3n) is 4.78. The molecule has 0 aliphatic heterocycles. The molecule has 0 saturated heterocycles. The molecule has 0 amide bonds. The molecule has 0 fully saturated rings. The Bertz CT molecular complexity index is 1030. The second kappa shape index (κ2) is 4.84. The SMILES string of the molecule is Brc1ccc(C2c3ccccc3-c3[nH]c4ccccc4c32)cc1. The van der Waals surface area contributed by atoms with Crippen molar-refractivity contribution in [2.45, 2.75) is 5.92 Å². The monoisotopic (exact) mass is 359 g/mol. The van der Waals surface area contributed by atoms with Crippen LogP contribution in [0.4, 0.5) is 0 Å². The summed E-state index contributed by atoms with van der Waals surface area (Å²) in [5.74, 6) is 0.297. The van der Waals surface area contributed by atoms with Gasteiger partial charge in [0.25, 0.3) is 0 Å². The molecule has 2 heteroatoms. The normalized spacial score (nSPS) is 15.6. The third-order valence-corrected chi connectivity index (χ3v) is 5.31. The molecule has 110 valence electrons. The lowest BCUT2D eigenvalue weighted by Crippen LogP contribution is -1.98. The topological polar surface area (TPSA) is 15.8 Å². The van der Waals surface area contributed by atoms with Crippen LogP contribution in [0.2, 0.25) is 0 Å². The maximum absolute atomic E-state index is 3.63. The van der Waals surface area contributed by atoms with Crippen molar-refractivity contribution in [3.05, 3.63) is 94.0 Å². The molecule has 1 nitrogen and oxygen atoms in total. The molecule has 23 heavy (non-hydrogen) atoms. The van der Waals surface area contributed by atoms with Crippen molar-refractivity contribution >= 4 is 26.8 Å². The molecule has 0 saturated carbocycles. The molecule has 1 aliphatic carbocycles. The number of rotatable bonds is 1. The lowest BCUT2D eigenvalue weighted by atomic mass is 9.88. The second-order valence-corrected chi connectivity index (χ2v) is 6.95. The molecule has 5 rings (SSSR count). The van der Waals surface area contributed by atoms with E-state index in [0.29, 0.717) is 5.92 Å². The van der Waals surface area contributed by atoms with Gasteiger partial charge in [0.05, 0.1) is 5.69 Å². The van der Waals surface area contributed by atoms with E-state index < -0.39 is 0 Å². The first-order valence-corrected chi connectivity index (χ1v) is 8.57. The molecule has 1 atom stereocenters. The maximum Gasteiger partial charge on any atom is 0.0510 e. The molecule has 1 unspecified atom stereocenters. The number of fused-ring (bicyclic) bond motifs is 5. The number of aromatic nitrogens is 1. The Balaban J connectivity index is 1.86. The van der Waals surface area contributed by atoms with Gasteiger partial charge in [-0.25, -0.2) is 0 Å². The van der Waals surface area contributed by atoms with Gasteiger partial charge >= 0.3 is 0 Å². The molecule has 3 aromatic carbocycles. The van der Waals surface area contributed by atoms with Gasteiger partial charge in [-0.05, 0) is 34.9 Å². The van der Waals surface area contributed by atoms with E-state index in [0.717, 1.165) is 4.47 Å². The minimum atomic E-state index is 0.297.